The molecule has 1 aliphatic rings. The van der Waals surface area contributed by atoms with Crippen LogP contribution in [-0.4, -0.2) is 36.4 Å². The fraction of sp³-hybridized carbons (Fsp3) is 0.238. The highest BCUT2D eigenvalue weighted by molar-refractivity contribution is 7.99. The number of carbonyl (C=O) groups excluding carboxylic acids is 1. The molecule has 1 saturated carbocycles. The first kappa shape index (κ1) is 17.9. The average Bonchev–Trinajstić information content (AvgIpc) is 3.37. The predicted octanol–water partition coefficient (Wildman–Crippen LogP) is 3.56. The highest BCUT2D eigenvalue weighted by Gasteiger charge is 2.31. The van der Waals surface area contributed by atoms with Gasteiger partial charge in [-0.1, -0.05) is 36.0 Å². The van der Waals surface area contributed by atoms with E-state index in [1.165, 1.54) is 11.8 Å². The van der Waals surface area contributed by atoms with Crippen LogP contribution in [0.1, 0.15) is 24.6 Å². The fourth-order valence-electron chi connectivity index (χ4n) is 3.35. The Labute approximate surface area is 172 Å². The number of nitrogens with one attached hydrogen (secondary N) is 2. The van der Waals surface area contributed by atoms with E-state index < -0.39 is 0 Å². The molecule has 5 rings (SSSR count). The second-order valence-corrected chi connectivity index (χ2v) is 7.98. The van der Waals surface area contributed by atoms with Crippen LogP contribution in [0.15, 0.2) is 60.0 Å². The number of aromatic amines is 1. The Balaban J connectivity index is 1.32. The molecule has 1 amide bonds. The molecule has 0 spiro atoms. The molecule has 0 bridgehead atoms. The summed E-state index contributed by atoms with van der Waals surface area (Å²) in [4.78, 5) is 19.8. The summed E-state index contributed by atoms with van der Waals surface area (Å²) in [6, 6.07) is 14.3. The molecule has 0 radical (unpaired) electrons. The second-order valence-electron chi connectivity index (χ2n) is 7.04. The van der Waals surface area contributed by atoms with Gasteiger partial charge in [-0.25, -0.2) is 0 Å². The third kappa shape index (κ3) is 3.75. The molecule has 1 aromatic carbocycles. The third-order valence-corrected chi connectivity index (χ3v) is 5.87. The number of hydrogen-bond donors (Lipinski definition) is 2. The van der Waals surface area contributed by atoms with Crippen LogP contribution in [0.25, 0.3) is 22.3 Å². The highest BCUT2D eigenvalue weighted by atomic mass is 32.2. The number of pyridine rings is 1. The summed E-state index contributed by atoms with van der Waals surface area (Å²) in [5.41, 5.74) is 2.97. The van der Waals surface area contributed by atoms with Gasteiger partial charge in [0.05, 0.1) is 18.0 Å². The summed E-state index contributed by atoms with van der Waals surface area (Å²) < 4.78 is 2.19. The van der Waals surface area contributed by atoms with E-state index in [2.05, 4.69) is 42.2 Å². The van der Waals surface area contributed by atoms with E-state index in [0.29, 0.717) is 18.3 Å². The van der Waals surface area contributed by atoms with E-state index >= 15 is 0 Å². The second kappa shape index (κ2) is 7.71. The van der Waals surface area contributed by atoms with Crippen molar-refractivity contribution in [2.75, 3.05) is 5.75 Å². The van der Waals surface area contributed by atoms with E-state index in [4.69, 9.17) is 0 Å². The van der Waals surface area contributed by atoms with Gasteiger partial charge in [-0.05, 0) is 31.0 Å². The largest absolute Gasteiger partial charge is 0.360 e. The maximum Gasteiger partial charge on any atom is 0.230 e. The van der Waals surface area contributed by atoms with Gasteiger partial charge in [-0.15, -0.1) is 10.2 Å². The Morgan fingerprint density at radius 2 is 2.03 bits per heavy atom. The van der Waals surface area contributed by atoms with Crippen LogP contribution in [0.4, 0.5) is 0 Å². The van der Waals surface area contributed by atoms with Crippen molar-refractivity contribution in [3.8, 4) is 11.4 Å². The zero-order chi connectivity index (χ0) is 19.6. The number of para-hydroxylation sites is 1. The topological polar surface area (TPSA) is 88.5 Å². The number of benzene rings is 1. The summed E-state index contributed by atoms with van der Waals surface area (Å²) in [5, 5.41) is 13.7. The molecule has 2 N–H and O–H groups in total. The summed E-state index contributed by atoms with van der Waals surface area (Å²) in [7, 11) is 0. The maximum atomic E-state index is 12.3. The SMILES string of the molecule is O=C(CSc1nnc(-c2c[nH]c3ccccc23)n1C1CC1)NCc1ccccn1. The van der Waals surface area contributed by atoms with Gasteiger partial charge in [0.25, 0.3) is 0 Å². The molecule has 0 atom stereocenters. The summed E-state index contributed by atoms with van der Waals surface area (Å²) in [5.74, 6) is 1.12. The van der Waals surface area contributed by atoms with Crippen molar-refractivity contribution >= 4 is 28.6 Å². The maximum absolute atomic E-state index is 12.3. The number of fused-ring (bicyclic) bond motifs is 1. The molecule has 8 heteroatoms. The number of thioether (sulfide) groups is 1. The van der Waals surface area contributed by atoms with Gasteiger partial charge >= 0.3 is 0 Å². The molecule has 0 saturated heterocycles. The summed E-state index contributed by atoms with van der Waals surface area (Å²) in [6.07, 6.45) is 5.95. The van der Waals surface area contributed by atoms with E-state index in [-0.39, 0.29) is 5.91 Å². The van der Waals surface area contributed by atoms with Gasteiger partial charge in [-0.2, -0.15) is 0 Å². The molecule has 1 fully saturated rings. The normalized spacial score (nSPS) is 13.7. The van der Waals surface area contributed by atoms with Crippen molar-refractivity contribution in [1.82, 2.24) is 30.0 Å². The van der Waals surface area contributed by atoms with Crippen molar-refractivity contribution < 1.29 is 4.79 Å². The van der Waals surface area contributed by atoms with Crippen LogP contribution >= 0.6 is 11.8 Å². The van der Waals surface area contributed by atoms with E-state index in [9.17, 15) is 4.79 Å². The number of hydrogen-bond acceptors (Lipinski definition) is 5. The number of rotatable bonds is 7. The third-order valence-electron chi connectivity index (χ3n) is 4.93. The first-order valence-electron chi connectivity index (χ1n) is 9.60. The van der Waals surface area contributed by atoms with Crippen LogP contribution in [0, 0.1) is 0 Å². The minimum Gasteiger partial charge on any atom is -0.360 e. The number of amides is 1. The van der Waals surface area contributed by atoms with Crippen molar-refractivity contribution in [1.29, 1.82) is 0 Å². The predicted molar refractivity (Wildman–Crippen MR) is 112 cm³/mol. The molecule has 1 aliphatic carbocycles. The monoisotopic (exact) mass is 404 g/mol. The minimum absolute atomic E-state index is 0.0420. The lowest BCUT2D eigenvalue weighted by molar-refractivity contribution is -0.118. The Morgan fingerprint density at radius 3 is 2.86 bits per heavy atom. The lowest BCUT2D eigenvalue weighted by atomic mass is 10.1. The highest BCUT2D eigenvalue weighted by Crippen LogP contribution is 2.42. The lowest BCUT2D eigenvalue weighted by Gasteiger charge is -2.08. The molecule has 4 aromatic rings. The molecular weight excluding hydrogens is 384 g/mol. The van der Waals surface area contributed by atoms with E-state index in [1.807, 2.05) is 36.5 Å². The Morgan fingerprint density at radius 1 is 1.17 bits per heavy atom. The molecule has 7 nitrogen and oxygen atoms in total. The first-order valence-corrected chi connectivity index (χ1v) is 10.6. The van der Waals surface area contributed by atoms with Crippen LogP contribution in [-0.2, 0) is 11.3 Å². The minimum atomic E-state index is -0.0420. The molecule has 0 unspecified atom stereocenters. The molecule has 146 valence electrons. The Hall–Kier alpha value is -3.13. The van der Waals surface area contributed by atoms with E-state index in [0.717, 1.165) is 46.0 Å². The number of nitrogens with zero attached hydrogens (tertiary/aromatic N) is 4. The summed E-state index contributed by atoms with van der Waals surface area (Å²) in [6.45, 7) is 0.427. The van der Waals surface area contributed by atoms with Crippen molar-refractivity contribution in [3.63, 3.8) is 0 Å². The van der Waals surface area contributed by atoms with Crippen molar-refractivity contribution in [2.24, 2.45) is 0 Å². The number of aromatic nitrogens is 5. The van der Waals surface area contributed by atoms with Crippen molar-refractivity contribution in [3.05, 3.63) is 60.6 Å². The van der Waals surface area contributed by atoms with E-state index in [1.54, 1.807) is 6.20 Å². The van der Waals surface area contributed by atoms with Crippen molar-refractivity contribution in [2.45, 2.75) is 30.6 Å². The molecular formula is C21H20N6OS. The van der Waals surface area contributed by atoms with Gasteiger partial charge in [0, 0.05) is 34.9 Å². The quantitative estimate of drug-likeness (QED) is 0.460. The number of H-pyrrole nitrogens is 1. The Bertz CT molecular complexity index is 1150. The average molecular weight is 404 g/mol. The van der Waals surface area contributed by atoms with Gasteiger partial charge in [0.1, 0.15) is 0 Å². The smallest absolute Gasteiger partial charge is 0.230 e. The number of carbonyl (C=O) groups is 1. The van der Waals surface area contributed by atoms with Crippen LogP contribution in [0.5, 0.6) is 0 Å². The first-order chi connectivity index (χ1) is 14.3. The molecule has 29 heavy (non-hydrogen) atoms. The lowest BCUT2D eigenvalue weighted by Crippen LogP contribution is -2.25. The van der Waals surface area contributed by atoms with Crippen LogP contribution in [0.3, 0.4) is 0 Å². The molecule has 0 aliphatic heterocycles. The molecule has 3 aromatic heterocycles. The standard InChI is InChI=1S/C21H20N6OS/c28-19(24-11-14-5-3-4-10-22-14)13-29-21-26-25-20(27(21)15-8-9-15)17-12-23-18-7-2-1-6-16(17)18/h1-7,10,12,15,23H,8-9,11,13H2,(H,24,28). The zero-order valence-corrected chi connectivity index (χ0v) is 16.5. The van der Waals surface area contributed by atoms with Crippen LogP contribution < -0.4 is 5.32 Å². The summed E-state index contributed by atoms with van der Waals surface area (Å²) >= 11 is 1.43. The molecule has 3 heterocycles. The van der Waals surface area contributed by atoms with Gasteiger partial charge in [-0.3, -0.25) is 14.3 Å². The Kier molecular flexibility index (Phi) is 4.77. The van der Waals surface area contributed by atoms with Gasteiger partial charge < -0.3 is 10.3 Å². The van der Waals surface area contributed by atoms with Gasteiger partial charge in [0.2, 0.25) is 5.91 Å². The van der Waals surface area contributed by atoms with Gasteiger partial charge in [0.15, 0.2) is 11.0 Å². The van der Waals surface area contributed by atoms with Crippen LogP contribution in [0.2, 0.25) is 0 Å². The fourth-order valence-corrected chi connectivity index (χ4v) is 4.19. The zero-order valence-electron chi connectivity index (χ0n) is 15.7.